The highest BCUT2D eigenvalue weighted by molar-refractivity contribution is 5.28. The molecule has 0 heterocycles. The van der Waals surface area contributed by atoms with Crippen molar-refractivity contribution in [2.24, 2.45) is 5.73 Å². The highest BCUT2D eigenvalue weighted by Crippen LogP contribution is 2.23. The van der Waals surface area contributed by atoms with Crippen molar-refractivity contribution in [2.75, 3.05) is 0 Å². The lowest BCUT2D eigenvalue weighted by molar-refractivity contribution is -0.274. The summed E-state index contributed by atoms with van der Waals surface area (Å²) in [5, 5.41) is 0. The first kappa shape index (κ1) is 13.7. The molecule has 1 aromatic rings. The Labute approximate surface area is 94.2 Å². The van der Waals surface area contributed by atoms with E-state index in [1.807, 2.05) is 0 Å². The third-order valence-electron chi connectivity index (χ3n) is 1.95. The van der Waals surface area contributed by atoms with Crippen LogP contribution in [0.4, 0.5) is 22.0 Å². The van der Waals surface area contributed by atoms with Crippen LogP contribution in [0.5, 0.6) is 5.75 Å². The van der Waals surface area contributed by atoms with Gasteiger partial charge in [-0.1, -0.05) is 12.1 Å². The van der Waals surface area contributed by atoms with Crippen molar-refractivity contribution in [2.45, 2.75) is 25.3 Å². The lowest BCUT2D eigenvalue weighted by Crippen LogP contribution is -2.30. The van der Waals surface area contributed by atoms with E-state index >= 15 is 0 Å². The van der Waals surface area contributed by atoms with E-state index in [-0.39, 0.29) is 6.42 Å². The van der Waals surface area contributed by atoms with Crippen molar-refractivity contribution < 1.29 is 26.7 Å². The zero-order valence-electron chi connectivity index (χ0n) is 8.55. The molecule has 1 atom stereocenters. The van der Waals surface area contributed by atoms with Gasteiger partial charge >= 0.3 is 6.36 Å². The molecule has 2 nitrogen and oxygen atoms in total. The first-order chi connectivity index (χ1) is 7.78. The summed E-state index contributed by atoms with van der Waals surface area (Å²) in [6.07, 6.45) is -7.54. The Morgan fingerprint density at radius 2 is 1.65 bits per heavy atom. The predicted molar refractivity (Wildman–Crippen MR) is 50.8 cm³/mol. The van der Waals surface area contributed by atoms with E-state index in [2.05, 4.69) is 4.74 Å². The number of alkyl halides is 5. The molecule has 7 heteroatoms. The monoisotopic (exact) mass is 255 g/mol. The Kier molecular flexibility index (Phi) is 4.28. The summed E-state index contributed by atoms with van der Waals surface area (Å²) in [5.41, 5.74) is 5.55. The van der Waals surface area contributed by atoms with Crippen molar-refractivity contribution in [1.29, 1.82) is 0 Å². The van der Waals surface area contributed by atoms with Gasteiger partial charge in [-0.2, -0.15) is 0 Å². The second-order valence-electron chi connectivity index (χ2n) is 3.39. The van der Waals surface area contributed by atoms with Gasteiger partial charge in [0.05, 0.1) is 6.04 Å². The number of benzene rings is 1. The van der Waals surface area contributed by atoms with Crippen LogP contribution < -0.4 is 10.5 Å². The van der Waals surface area contributed by atoms with E-state index in [9.17, 15) is 22.0 Å². The van der Waals surface area contributed by atoms with Gasteiger partial charge in [0.25, 0.3) is 6.43 Å². The van der Waals surface area contributed by atoms with Crippen LogP contribution in [0.15, 0.2) is 24.3 Å². The Hall–Kier alpha value is -1.37. The highest BCUT2D eigenvalue weighted by Gasteiger charge is 2.30. The quantitative estimate of drug-likeness (QED) is 0.839. The summed E-state index contributed by atoms with van der Waals surface area (Å²) < 4.78 is 63.3. The molecule has 1 rings (SSSR count). The Morgan fingerprint density at radius 3 is 2.06 bits per heavy atom. The third kappa shape index (κ3) is 4.99. The normalized spacial score (nSPS) is 13.8. The first-order valence-corrected chi connectivity index (χ1v) is 4.66. The van der Waals surface area contributed by atoms with Crippen LogP contribution in [0, 0.1) is 0 Å². The fraction of sp³-hybridized carbons (Fsp3) is 0.400. The molecular weight excluding hydrogens is 245 g/mol. The van der Waals surface area contributed by atoms with Gasteiger partial charge in [0.15, 0.2) is 0 Å². The largest absolute Gasteiger partial charge is 0.573 e. The van der Waals surface area contributed by atoms with Crippen LogP contribution in [0.25, 0.3) is 0 Å². The van der Waals surface area contributed by atoms with E-state index < -0.39 is 24.6 Å². The summed E-state index contributed by atoms with van der Waals surface area (Å²) >= 11 is 0. The van der Waals surface area contributed by atoms with Gasteiger partial charge < -0.3 is 10.5 Å². The predicted octanol–water partition coefficient (Wildman–Crippen LogP) is 2.72. The summed E-state index contributed by atoms with van der Waals surface area (Å²) in [7, 11) is 0. The fourth-order valence-corrected chi connectivity index (χ4v) is 1.19. The van der Waals surface area contributed by atoms with Gasteiger partial charge in [-0.3, -0.25) is 0 Å². The number of halogens is 5. The van der Waals surface area contributed by atoms with Gasteiger partial charge in [0.2, 0.25) is 0 Å². The maximum atomic E-state index is 12.1. The molecule has 0 aromatic heterocycles. The highest BCUT2D eigenvalue weighted by atomic mass is 19.4. The van der Waals surface area contributed by atoms with Crippen molar-refractivity contribution in [3.8, 4) is 5.75 Å². The first-order valence-electron chi connectivity index (χ1n) is 4.66. The molecule has 0 saturated heterocycles. The number of rotatable bonds is 4. The number of hydrogen-bond donors (Lipinski definition) is 1. The van der Waals surface area contributed by atoms with E-state index in [1.165, 1.54) is 12.1 Å². The van der Waals surface area contributed by atoms with Crippen molar-refractivity contribution >= 4 is 0 Å². The molecule has 2 N–H and O–H groups in total. The maximum absolute atomic E-state index is 12.1. The second-order valence-corrected chi connectivity index (χ2v) is 3.39. The minimum Gasteiger partial charge on any atom is -0.406 e. The summed E-state index contributed by atoms with van der Waals surface area (Å²) in [6.45, 7) is 0. The van der Waals surface area contributed by atoms with Crippen LogP contribution in [0.1, 0.15) is 5.56 Å². The summed E-state index contributed by atoms with van der Waals surface area (Å²) in [4.78, 5) is 0. The average molecular weight is 255 g/mol. The molecule has 0 amide bonds. The summed E-state index contributed by atoms with van der Waals surface area (Å²) in [5.74, 6) is -0.396. The lowest BCUT2D eigenvalue weighted by atomic mass is 10.1. The van der Waals surface area contributed by atoms with Gasteiger partial charge in [0.1, 0.15) is 5.75 Å². The van der Waals surface area contributed by atoms with E-state index in [4.69, 9.17) is 5.73 Å². The molecule has 0 fully saturated rings. The smallest absolute Gasteiger partial charge is 0.406 e. The molecule has 0 aliphatic carbocycles. The summed E-state index contributed by atoms with van der Waals surface area (Å²) in [6, 6.07) is 3.32. The van der Waals surface area contributed by atoms with Crippen molar-refractivity contribution in [3.63, 3.8) is 0 Å². The molecule has 0 spiro atoms. The SMILES string of the molecule is NC(Cc1ccc(OC(F)(F)F)cc1)C(F)F. The van der Waals surface area contributed by atoms with Gasteiger partial charge in [-0.15, -0.1) is 13.2 Å². The van der Waals surface area contributed by atoms with Gasteiger partial charge in [0, 0.05) is 0 Å². The standard InChI is InChI=1S/C10H10F5NO/c11-9(12)8(16)5-6-1-3-7(4-2-6)17-10(13,14)15/h1-4,8-9H,5,16H2. The van der Waals surface area contributed by atoms with Crippen LogP contribution in [-0.4, -0.2) is 18.8 Å². The average Bonchev–Trinajstić information content (AvgIpc) is 2.18. The van der Waals surface area contributed by atoms with E-state index in [0.29, 0.717) is 5.56 Å². The Morgan fingerprint density at radius 1 is 1.12 bits per heavy atom. The van der Waals surface area contributed by atoms with Crippen LogP contribution in [0.2, 0.25) is 0 Å². The van der Waals surface area contributed by atoms with Crippen LogP contribution in [-0.2, 0) is 6.42 Å². The second kappa shape index (κ2) is 5.31. The van der Waals surface area contributed by atoms with E-state index in [1.54, 1.807) is 0 Å². The van der Waals surface area contributed by atoms with E-state index in [0.717, 1.165) is 12.1 Å². The van der Waals surface area contributed by atoms with Crippen LogP contribution >= 0.6 is 0 Å². The lowest BCUT2D eigenvalue weighted by Gasteiger charge is -2.12. The van der Waals surface area contributed by atoms with Gasteiger partial charge in [-0.05, 0) is 24.1 Å². The molecule has 1 unspecified atom stereocenters. The van der Waals surface area contributed by atoms with Gasteiger partial charge in [-0.25, -0.2) is 8.78 Å². The minimum absolute atomic E-state index is 0.107. The molecule has 1 aromatic carbocycles. The topological polar surface area (TPSA) is 35.2 Å². The molecule has 0 aliphatic rings. The van der Waals surface area contributed by atoms with Crippen LogP contribution in [0.3, 0.4) is 0 Å². The molecule has 0 radical (unpaired) electrons. The molecule has 0 aliphatic heterocycles. The zero-order chi connectivity index (χ0) is 13.1. The number of hydrogen-bond acceptors (Lipinski definition) is 2. The molecule has 0 bridgehead atoms. The maximum Gasteiger partial charge on any atom is 0.573 e. The Balaban J connectivity index is 2.62. The third-order valence-corrected chi connectivity index (χ3v) is 1.95. The van der Waals surface area contributed by atoms with Crippen molar-refractivity contribution in [1.82, 2.24) is 0 Å². The number of nitrogens with two attached hydrogens (primary N) is 1. The molecular formula is C10H10F5NO. The zero-order valence-corrected chi connectivity index (χ0v) is 8.55. The molecule has 0 saturated carbocycles. The minimum atomic E-state index is -4.76. The van der Waals surface area contributed by atoms with Crippen molar-refractivity contribution in [3.05, 3.63) is 29.8 Å². The molecule has 96 valence electrons. The molecule has 17 heavy (non-hydrogen) atoms. The fourth-order valence-electron chi connectivity index (χ4n) is 1.19. The Bertz CT molecular complexity index is 349. The number of ether oxygens (including phenoxy) is 1.